The van der Waals surface area contributed by atoms with Crippen molar-refractivity contribution < 1.29 is 0 Å². The van der Waals surface area contributed by atoms with E-state index < -0.39 is 0 Å². The van der Waals surface area contributed by atoms with Crippen LogP contribution in [0.2, 0.25) is 0 Å². The lowest BCUT2D eigenvalue weighted by Gasteiger charge is -2.19. The summed E-state index contributed by atoms with van der Waals surface area (Å²) in [5, 5.41) is 2.71. The molecule has 0 aliphatic heterocycles. The van der Waals surface area contributed by atoms with Gasteiger partial charge in [-0.15, -0.1) is 0 Å². The molecule has 0 spiro atoms. The van der Waals surface area contributed by atoms with Crippen LogP contribution in [-0.2, 0) is 12.8 Å². The Balaban J connectivity index is 1.49. The molecule has 4 aliphatic rings. The van der Waals surface area contributed by atoms with Crippen molar-refractivity contribution in [2.75, 3.05) is 0 Å². The summed E-state index contributed by atoms with van der Waals surface area (Å²) in [7, 11) is 0. The van der Waals surface area contributed by atoms with Gasteiger partial charge in [-0.05, 0) is 105 Å². The molecule has 3 aromatic carbocycles. The normalized spacial score (nSPS) is 17.6. The maximum absolute atomic E-state index is 2.47. The summed E-state index contributed by atoms with van der Waals surface area (Å²) in [6.45, 7) is 0. The molecule has 0 aromatic heterocycles. The smallest absolute Gasteiger partial charge is 0.00139 e. The molecule has 2 bridgehead atoms. The molecular weight excluding hydrogens is 480 g/mol. The lowest BCUT2D eigenvalue weighted by Crippen LogP contribution is -2.30. The Bertz CT molecular complexity index is 1820. The third-order valence-corrected chi connectivity index (χ3v) is 8.58. The van der Waals surface area contributed by atoms with Crippen LogP contribution in [0, 0.1) is 0 Å². The van der Waals surface area contributed by atoms with Crippen LogP contribution in [0.1, 0.15) is 59.1 Å². The maximum atomic E-state index is 2.47. The van der Waals surface area contributed by atoms with Gasteiger partial charge in [-0.2, -0.15) is 0 Å². The molecule has 0 N–H and O–H groups in total. The SMILES string of the molecule is C1=CCC(C2=c3ccccc3=C(c3ccc4c(c3)CCC=C4)CC=CC=CC2)=Cc2cccc3c2CC(=C1)C=C3. The molecule has 0 saturated carbocycles. The predicted octanol–water partition coefficient (Wildman–Crippen LogP) is 8.44. The number of allylic oxidation sites excluding steroid dienone is 11. The van der Waals surface area contributed by atoms with Gasteiger partial charge in [-0.1, -0.05) is 134 Å². The van der Waals surface area contributed by atoms with Crippen LogP contribution in [0.15, 0.2) is 126 Å². The van der Waals surface area contributed by atoms with Gasteiger partial charge in [-0.3, -0.25) is 0 Å². The van der Waals surface area contributed by atoms with Crippen molar-refractivity contribution in [1.82, 2.24) is 0 Å². The van der Waals surface area contributed by atoms with E-state index in [4.69, 9.17) is 0 Å². The quantitative estimate of drug-likeness (QED) is 0.322. The molecule has 0 saturated heterocycles. The van der Waals surface area contributed by atoms with Gasteiger partial charge in [-0.25, -0.2) is 0 Å². The first-order valence-corrected chi connectivity index (χ1v) is 14.6. The van der Waals surface area contributed by atoms with Crippen molar-refractivity contribution in [1.29, 1.82) is 0 Å². The maximum Gasteiger partial charge on any atom is -0.00139 e. The van der Waals surface area contributed by atoms with Crippen LogP contribution in [0.25, 0.3) is 29.4 Å². The van der Waals surface area contributed by atoms with Crippen LogP contribution < -0.4 is 10.4 Å². The number of hydrogen-bond donors (Lipinski definition) is 0. The second kappa shape index (κ2) is 11.0. The highest BCUT2D eigenvalue weighted by Crippen LogP contribution is 2.31. The van der Waals surface area contributed by atoms with E-state index in [2.05, 4.69) is 134 Å². The van der Waals surface area contributed by atoms with Crippen LogP contribution >= 0.6 is 0 Å². The molecule has 0 heteroatoms. The Morgan fingerprint density at radius 2 is 1.38 bits per heavy atom. The number of fused-ring (bicyclic) bond motifs is 3. The molecule has 0 atom stereocenters. The van der Waals surface area contributed by atoms with Crippen molar-refractivity contribution in [3.05, 3.63) is 170 Å². The third-order valence-electron chi connectivity index (χ3n) is 8.58. The first-order chi connectivity index (χ1) is 19.8. The largest absolute Gasteiger partial charge is 0.0836 e. The number of aryl methyl sites for hydroxylation is 1. The molecule has 40 heavy (non-hydrogen) atoms. The van der Waals surface area contributed by atoms with Crippen LogP contribution in [0.5, 0.6) is 0 Å². The van der Waals surface area contributed by atoms with Gasteiger partial charge in [0.15, 0.2) is 0 Å². The minimum Gasteiger partial charge on any atom is -0.0836 e. The molecule has 194 valence electrons. The molecule has 0 fully saturated rings. The average Bonchev–Trinajstić information content (AvgIpc) is 3.01. The summed E-state index contributed by atoms with van der Waals surface area (Å²) >= 11 is 0. The Morgan fingerprint density at radius 1 is 0.575 bits per heavy atom. The number of benzene rings is 3. The molecule has 4 aliphatic carbocycles. The minimum atomic E-state index is 0.902. The van der Waals surface area contributed by atoms with Gasteiger partial charge in [0.25, 0.3) is 0 Å². The van der Waals surface area contributed by atoms with Crippen LogP contribution in [0.4, 0.5) is 0 Å². The van der Waals surface area contributed by atoms with Crippen molar-refractivity contribution >= 4 is 29.4 Å². The van der Waals surface area contributed by atoms with E-state index in [9.17, 15) is 0 Å². The van der Waals surface area contributed by atoms with Crippen molar-refractivity contribution in [2.24, 2.45) is 0 Å². The molecule has 0 unspecified atom stereocenters. The highest BCUT2D eigenvalue weighted by molar-refractivity contribution is 5.80. The van der Waals surface area contributed by atoms with E-state index >= 15 is 0 Å². The van der Waals surface area contributed by atoms with E-state index in [-0.39, 0.29) is 0 Å². The van der Waals surface area contributed by atoms with Crippen LogP contribution in [0.3, 0.4) is 0 Å². The fourth-order valence-electron chi connectivity index (χ4n) is 6.49. The Labute approximate surface area is 237 Å². The van der Waals surface area contributed by atoms with Gasteiger partial charge in [0.1, 0.15) is 0 Å². The first-order valence-electron chi connectivity index (χ1n) is 14.6. The van der Waals surface area contributed by atoms with E-state index in [1.54, 1.807) is 0 Å². The summed E-state index contributed by atoms with van der Waals surface area (Å²) in [6, 6.07) is 22.9. The van der Waals surface area contributed by atoms with Crippen molar-refractivity contribution in [2.45, 2.75) is 38.5 Å². The van der Waals surface area contributed by atoms with E-state index in [0.717, 1.165) is 38.5 Å². The van der Waals surface area contributed by atoms with Gasteiger partial charge in [0, 0.05) is 0 Å². The Hall–Kier alpha value is -4.42. The monoisotopic (exact) mass is 514 g/mol. The summed E-state index contributed by atoms with van der Waals surface area (Å²) in [4.78, 5) is 0. The van der Waals surface area contributed by atoms with E-state index in [0.29, 0.717) is 0 Å². The standard InChI is InChI=1S/C40H34/c1-2-4-19-37(35-25-24-30-13-7-8-14-32(30)27-35)39-21-10-9-20-38(39)36(18-3-1)33-15-6-5-12-29-22-23-31-16-11-17-34(28-33)40(31)26-29/h1-7,9-13,16-17,20-25,27-28H,8,14-15,18-19,26H2. The van der Waals surface area contributed by atoms with Crippen LogP contribution in [-0.4, -0.2) is 0 Å². The first kappa shape index (κ1) is 24.6. The Kier molecular flexibility index (Phi) is 6.76. The predicted molar refractivity (Wildman–Crippen MR) is 172 cm³/mol. The van der Waals surface area contributed by atoms with Gasteiger partial charge >= 0.3 is 0 Å². The second-order valence-corrected chi connectivity index (χ2v) is 11.1. The summed E-state index contributed by atoms with van der Waals surface area (Å²) in [5.41, 5.74) is 13.9. The summed E-state index contributed by atoms with van der Waals surface area (Å²) in [6.07, 6.45) is 33.5. The molecule has 0 amide bonds. The molecule has 7 rings (SSSR count). The highest BCUT2D eigenvalue weighted by atomic mass is 14.2. The van der Waals surface area contributed by atoms with Gasteiger partial charge in [0.05, 0.1) is 0 Å². The summed E-state index contributed by atoms with van der Waals surface area (Å²) in [5.74, 6) is 0. The molecule has 0 nitrogen and oxygen atoms in total. The lowest BCUT2D eigenvalue weighted by atomic mass is 9.86. The number of hydrogen-bond acceptors (Lipinski definition) is 0. The summed E-state index contributed by atoms with van der Waals surface area (Å²) < 4.78 is 0. The van der Waals surface area contributed by atoms with Gasteiger partial charge < -0.3 is 0 Å². The fourth-order valence-corrected chi connectivity index (χ4v) is 6.49. The fraction of sp³-hybridized carbons (Fsp3) is 0.150. The zero-order valence-electron chi connectivity index (χ0n) is 22.9. The van der Waals surface area contributed by atoms with E-state index in [1.165, 1.54) is 66.1 Å². The van der Waals surface area contributed by atoms with Crippen molar-refractivity contribution in [3.63, 3.8) is 0 Å². The molecule has 3 aromatic rings. The zero-order valence-corrected chi connectivity index (χ0v) is 22.9. The van der Waals surface area contributed by atoms with Crippen molar-refractivity contribution in [3.8, 4) is 0 Å². The average molecular weight is 515 g/mol. The molecule has 0 radical (unpaired) electrons. The highest BCUT2D eigenvalue weighted by Gasteiger charge is 2.15. The topological polar surface area (TPSA) is 0 Å². The lowest BCUT2D eigenvalue weighted by molar-refractivity contribution is 0.984. The molecule has 0 heterocycles. The second-order valence-electron chi connectivity index (χ2n) is 11.1. The number of rotatable bonds is 2. The molecular formula is C40H34. The zero-order chi connectivity index (χ0) is 26.7. The Morgan fingerprint density at radius 3 is 2.27 bits per heavy atom. The minimum absolute atomic E-state index is 0.902. The van der Waals surface area contributed by atoms with Gasteiger partial charge in [0.2, 0.25) is 0 Å². The van der Waals surface area contributed by atoms with E-state index in [1.807, 2.05) is 0 Å². The third kappa shape index (κ3) is 4.87.